The van der Waals surface area contributed by atoms with Crippen LogP contribution in [0.4, 0.5) is 20.4 Å². The van der Waals surface area contributed by atoms with Crippen molar-refractivity contribution in [2.75, 3.05) is 19.5 Å². The van der Waals surface area contributed by atoms with Crippen LogP contribution in [0.15, 0.2) is 47.4 Å². The van der Waals surface area contributed by atoms with Crippen LogP contribution < -0.4 is 20.3 Å². The van der Waals surface area contributed by atoms with Gasteiger partial charge < -0.3 is 19.4 Å². The molecule has 0 aliphatic carbocycles. The molecule has 0 spiro atoms. The van der Waals surface area contributed by atoms with E-state index in [0.717, 1.165) is 11.6 Å². The molecule has 0 unspecified atom stereocenters. The van der Waals surface area contributed by atoms with E-state index in [2.05, 4.69) is 10.3 Å². The van der Waals surface area contributed by atoms with Crippen molar-refractivity contribution in [1.82, 2.24) is 9.55 Å². The Labute approximate surface area is 160 Å². The van der Waals surface area contributed by atoms with E-state index in [1.807, 2.05) is 13.0 Å². The number of halogens is 2. The highest BCUT2D eigenvalue weighted by Crippen LogP contribution is 2.24. The van der Waals surface area contributed by atoms with Gasteiger partial charge in [0.15, 0.2) is 0 Å². The molecule has 0 bridgehead atoms. The van der Waals surface area contributed by atoms with E-state index in [9.17, 15) is 13.6 Å². The molecule has 8 heteroatoms. The average molecular weight is 387 g/mol. The van der Waals surface area contributed by atoms with E-state index >= 15 is 0 Å². The zero-order valence-corrected chi connectivity index (χ0v) is 15.6. The molecule has 0 saturated heterocycles. The smallest absolute Gasteiger partial charge is 0.316 e. The van der Waals surface area contributed by atoms with Gasteiger partial charge in [-0.25, -0.2) is 8.78 Å². The Balaban J connectivity index is 2.02. The van der Waals surface area contributed by atoms with Crippen LogP contribution in [0.1, 0.15) is 11.1 Å². The summed E-state index contributed by atoms with van der Waals surface area (Å²) in [6.07, 6.45) is 1.44. The van der Waals surface area contributed by atoms with Gasteiger partial charge >= 0.3 is 5.56 Å². The number of rotatable bonds is 6. The minimum Gasteiger partial charge on any atom is -0.497 e. The molecule has 3 rings (SSSR count). The molecule has 1 aromatic heterocycles. The largest absolute Gasteiger partial charge is 0.497 e. The number of aryl methyl sites for hydroxylation is 1. The Bertz CT molecular complexity index is 1050. The number of benzene rings is 2. The van der Waals surface area contributed by atoms with Gasteiger partial charge in [0.1, 0.15) is 17.4 Å². The minimum atomic E-state index is -0.684. The third-order valence-corrected chi connectivity index (χ3v) is 4.14. The lowest BCUT2D eigenvalue weighted by molar-refractivity contribution is 0.402. The van der Waals surface area contributed by atoms with Crippen molar-refractivity contribution in [2.24, 2.45) is 0 Å². The third-order valence-electron chi connectivity index (χ3n) is 4.14. The van der Waals surface area contributed by atoms with Crippen LogP contribution in [0, 0.1) is 18.6 Å². The van der Waals surface area contributed by atoms with Crippen molar-refractivity contribution >= 4 is 11.6 Å². The summed E-state index contributed by atoms with van der Waals surface area (Å²) in [6.45, 7) is 1.95. The van der Waals surface area contributed by atoms with Crippen molar-refractivity contribution < 1.29 is 18.3 Å². The van der Waals surface area contributed by atoms with Crippen LogP contribution in [0.5, 0.6) is 11.5 Å². The molecule has 3 aromatic rings. The van der Waals surface area contributed by atoms with Crippen LogP contribution in [0.2, 0.25) is 0 Å². The lowest BCUT2D eigenvalue weighted by Crippen LogP contribution is -2.19. The molecule has 0 radical (unpaired) electrons. The minimum absolute atomic E-state index is 0.0221. The zero-order chi connectivity index (χ0) is 20.3. The lowest BCUT2D eigenvalue weighted by atomic mass is 10.2. The average Bonchev–Trinajstić information content (AvgIpc) is 2.64. The number of nitrogens with zero attached hydrogens (tertiary/aromatic N) is 2. The Morgan fingerprint density at radius 1 is 1.07 bits per heavy atom. The van der Waals surface area contributed by atoms with Crippen LogP contribution in [-0.4, -0.2) is 23.8 Å². The maximum Gasteiger partial charge on any atom is 0.316 e. The summed E-state index contributed by atoms with van der Waals surface area (Å²) in [6, 6.07) is 8.62. The standard InChI is InChI=1S/C20H19F2N3O3/c1-12-6-16(27-2)4-5-17(12)23-20-24-19(26)18(28-3)11-25(20)10-13-7-14(21)9-15(22)8-13/h4-9,11H,10H2,1-3H3,(H,23,24,26). The first-order valence-electron chi connectivity index (χ1n) is 8.41. The zero-order valence-electron chi connectivity index (χ0n) is 15.6. The summed E-state index contributed by atoms with van der Waals surface area (Å²) >= 11 is 0. The van der Waals surface area contributed by atoms with Crippen LogP contribution in [-0.2, 0) is 6.54 Å². The highest BCUT2D eigenvalue weighted by Gasteiger charge is 2.12. The number of hydrogen-bond donors (Lipinski definition) is 1. The van der Waals surface area contributed by atoms with Crippen molar-refractivity contribution in [3.05, 3.63) is 75.7 Å². The SMILES string of the molecule is COc1ccc(Nc2nc(=O)c(OC)cn2Cc2cc(F)cc(F)c2)c(C)c1. The quantitative estimate of drug-likeness (QED) is 0.700. The molecule has 0 atom stereocenters. The lowest BCUT2D eigenvalue weighted by Gasteiger charge is -2.17. The Hall–Kier alpha value is -3.42. The molecule has 146 valence electrons. The maximum atomic E-state index is 13.5. The van der Waals surface area contributed by atoms with Crippen molar-refractivity contribution in [3.63, 3.8) is 0 Å². The first-order valence-corrected chi connectivity index (χ1v) is 8.41. The van der Waals surface area contributed by atoms with Gasteiger partial charge in [-0.2, -0.15) is 4.98 Å². The summed E-state index contributed by atoms with van der Waals surface area (Å²) in [5.41, 5.74) is 1.39. The number of hydrogen-bond acceptors (Lipinski definition) is 5. The summed E-state index contributed by atoms with van der Waals surface area (Å²) < 4.78 is 38.9. The van der Waals surface area contributed by atoms with Gasteiger partial charge in [0.05, 0.1) is 27.0 Å². The van der Waals surface area contributed by atoms with Gasteiger partial charge in [0.2, 0.25) is 11.7 Å². The van der Waals surface area contributed by atoms with E-state index in [0.29, 0.717) is 17.0 Å². The molecule has 1 heterocycles. The number of anilines is 2. The second-order valence-electron chi connectivity index (χ2n) is 6.15. The highest BCUT2D eigenvalue weighted by molar-refractivity contribution is 5.60. The molecular weight excluding hydrogens is 368 g/mol. The summed E-state index contributed by atoms with van der Waals surface area (Å²) in [7, 11) is 2.92. The van der Waals surface area contributed by atoms with Gasteiger partial charge in [-0.1, -0.05) is 0 Å². The molecule has 28 heavy (non-hydrogen) atoms. The van der Waals surface area contributed by atoms with Crippen LogP contribution in [0.25, 0.3) is 0 Å². The van der Waals surface area contributed by atoms with Gasteiger partial charge in [-0.15, -0.1) is 0 Å². The predicted molar refractivity (Wildman–Crippen MR) is 102 cm³/mol. The normalized spacial score (nSPS) is 10.6. The van der Waals surface area contributed by atoms with E-state index in [1.54, 1.807) is 23.8 Å². The van der Waals surface area contributed by atoms with Gasteiger partial charge in [-0.3, -0.25) is 4.79 Å². The van der Waals surface area contributed by atoms with Crippen molar-refractivity contribution in [2.45, 2.75) is 13.5 Å². The number of aromatic nitrogens is 2. The molecular formula is C20H19F2N3O3. The second-order valence-corrected chi connectivity index (χ2v) is 6.15. The monoisotopic (exact) mass is 387 g/mol. The van der Waals surface area contributed by atoms with Gasteiger partial charge in [-0.05, 0) is 48.4 Å². The molecule has 0 fully saturated rings. The Morgan fingerprint density at radius 3 is 2.39 bits per heavy atom. The topological polar surface area (TPSA) is 65.4 Å². The molecule has 1 N–H and O–H groups in total. The Morgan fingerprint density at radius 2 is 1.79 bits per heavy atom. The molecule has 6 nitrogen and oxygen atoms in total. The van der Waals surface area contributed by atoms with E-state index < -0.39 is 17.2 Å². The fourth-order valence-corrected chi connectivity index (χ4v) is 2.76. The van der Waals surface area contributed by atoms with E-state index in [4.69, 9.17) is 9.47 Å². The molecule has 0 saturated carbocycles. The number of methoxy groups -OCH3 is 2. The first-order chi connectivity index (χ1) is 13.4. The highest BCUT2D eigenvalue weighted by atomic mass is 19.1. The second kappa shape index (κ2) is 8.08. The first kappa shape index (κ1) is 19.3. The number of ether oxygens (including phenoxy) is 2. The third kappa shape index (κ3) is 4.28. The summed E-state index contributed by atoms with van der Waals surface area (Å²) in [4.78, 5) is 16.1. The molecule has 0 aliphatic heterocycles. The maximum absolute atomic E-state index is 13.5. The van der Waals surface area contributed by atoms with E-state index in [-0.39, 0.29) is 18.2 Å². The molecule has 0 amide bonds. The van der Waals surface area contributed by atoms with Gasteiger partial charge in [0.25, 0.3) is 0 Å². The Kier molecular flexibility index (Phi) is 5.58. The van der Waals surface area contributed by atoms with Crippen molar-refractivity contribution in [3.8, 4) is 11.5 Å². The predicted octanol–water partition coefficient (Wildman–Crippen LogP) is 3.64. The van der Waals surface area contributed by atoms with Crippen LogP contribution in [0.3, 0.4) is 0 Å². The van der Waals surface area contributed by atoms with Gasteiger partial charge in [0, 0.05) is 11.8 Å². The van der Waals surface area contributed by atoms with Crippen molar-refractivity contribution in [1.29, 1.82) is 0 Å². The molecule has 0 aliphatic rings. The summed E-state index contributed by atoms with van der Waals surface area (Å²) in [5, 5.41) is 3.09. The summed E-state index contributed by atoms with van der Waals surface area (Å²) in [5.74, 6) is -0.441. The fraction of sp³-hybridized carbons (Fsp3) is 0.200. The molecule has 2 aromatic carbocycles. The van der Waals surface area contributed by atoms with Crippen LogP contribution >= 0.6 is 0 Å². The fourth-order valence-electron chi connectivity index (χ4n) is 2.76. The van der Waals surface area contributed by atoms with E-state index in [1.165, 1.54) is 25.4 Å². The number of nitrogens with one attached hydrogen (secondary N) is 1.